The summed E-state index contributed by atoms with van der Waals surface area (Å²) < 4.78 is 1.85. The van der Waals surface area contributed by atoms with E-state index in [-0.39, 0.29) is 5.91 Å². The fraction of sp³-hybridized carbons (Fsp3) is 0.231. The van der Waals surface area contributed by atoms with Crippen molar-refractivity contribution in [2.45, 2.75) is 5.16 Å². The van der Waals surface area contributed by atoms with Gasteiger partial charge < -0.3 is 9.88 Å². The summed E-state index contributed by atoms with van der Waals surface area (Å²) in [5, 5.41) is 11.6. The fourth-order valence-electron chi connectivity index (χ4n) is 1.55. The molecule has 0 aromatic carbocycles. The van der Waals surface area contributed by atoms with E-state index in [0.29, 0.717) is 17.5 Å². The van der Waals surface area contributed by atoms with Crippen LogP contribution in [0.15, 0.2) is 42.3 Å². The van der Waals surface area contributed by atoms with E-state index in [1.54, 1.807) is 18.5 Å². The maximum atomic E-state index is 11.5. The minimum Gasteiger partial charge on any atom is -0.352 e. The van der Waals surface area contributed by atoms with E-state index in [2.05, 4.69) is 27.1 Å². The molecule has 7 heteroatoms. The second kappa shape index (κ2) is 6.85. The van der Waals surface area contributed by atoms with Crippen LogP contribution in [0, 0.1) is 0 Å². The van der Waals surface area contributed by atoms with Gasteiger partial charge in [0.1, 0.15) is 0 Å². The standard InChI is InChI=1S/C13H15N5OS/c1-3-6-15-11(19)9-20-13-17-16-12(18(13)2)10-5-4-7-14-8-10/h3-5,7-8H,1,6,9H2,2H3,(H,15,19). The number of hydrogen-bond donors (Lipinski definition) is 1. The Labute approximate surface area is 121 Å². The van der Waals surface area contributed by atoms with Gasteiger partial charge in [0.25, 0.3) is 0 Å². The largest absolute Gasteiger partial charge is 0.352 e. The second-order valence-corrected chi connectivity index (χ2v) is 4.93. The molecular formula is C13H15N5OS. The molecule has 0 saturated heterocycles. The zero-order valence-electron chi connectivity index (χ0n) is 11.1. The molecule has 2 rings (SSSR count). The molecule has 104 valence electrons. The Morgan fingerprint density at radius 2 is 2.40 bits per heavy atom. The molecule has 2 aromatic rings. The maximum absolute atomic E-state index is 11.5. The SMILES string of the molecule is C=CCNC(=O)CSc1nnc(-c2cccnc2)n1C. The predicted octanol–water partition coefficient (Wildman–Crippen LogP) is 1.27. The summed E-state index contributed by atoms with van der Waals surface area (Å²) in [6.07, 6.45) is 5.08. The van der Waals surface area contributed by atoms with Crippen molar-refractivity contribution >= 4 is 17.7 Å². The van der Waals surface area contributed by atoms with Crippen LogP contribution < -0.4 is 5.32 Å². The molecule has 0 aliphatic rings. The molecule has 0 spiro atoms. The van der Waals surface area contributed by atoms with Crippen LogP contribution in [-0.4, -0.2) is 38.0 Å². The first-order valence-corrected chi connectivity index (χ1v) is 7.01. The minimum atomic E-state index is -0.0548. The fourth-order valence-corrected chi connectivity index (χ4v) is 2.30. The van der Waals surface area contributed by atoms with Gasteiger partial charge in [0.05, 0.1) is 5.75 Å². The average Bonchev–Trinajstić information content (AvgIpc) is 2.85. The van der Waals surface area contributed by atoms with Gasteiger partial charge in [-0.05, 0) is 12.1 Å². The van der Waals surface area contributed by atoms with E-state index < -0.39 is 0 Å². The molecule has 20 heavy (non-hydrogen) atoms. The number of aromatic nitrogens is 4. The first-order valence-electron chi connectivity index (χ1n) is 6.02. The Kier molecular flexibility index (Phi) is 4.89. The molecule has 0 fully saturated rings. The van der Waals surface area contributed by atoms with Crippen LogP contribution in [0.4, 0.5) is 0 Å². The van der Waals surface area contributed by atoms with Gasteiger partial charge >= 0.3 is 0 Å². The molecular weight excluding hydrogens is 274 g/mol. The van der Waals surface area contributed by atoms with Crippen LogP contribution in [0.2, 0.25) is 0 Å². The molecule has 0 aliphatic carbocycles. The average molecular weight is 289 g/mol. The number of carbonyl (C=O) groups is 1. The van der Waals surface area contributed by atoms with Crippen molar-refractivity contribution in [3.05, 3.63) is 37.2 Å². The lowest BCUT2D eigenvalue weighted by molar-refractivity contribution is -0.118. The second-order valence-electron chi connectivity index (χ2n) is 3.99. The van der Waals surface area contributed by atoms with Crippen LogP contribution in [-0.2, 0) is 11.8 Å². The van der Waals surface area contributed by atoms with Crippen molar-refractivity contribution in [2.24, 2.45) is 7.05 Å². The van der Waals surface area contributed by atoms with Crippen molar-refractivity contribution in [1.82, 2.24) is 25.1 Å². The van der Waals surface area contributed by atoms with Crippen molar-refractivity contribution in [1.29, 1.82) is 0 Å². The van der Waals surface area contributed by atoms with Crippen LogP contribution in [0.1, 0.15) is 0 Å². The van der Waals surface area contributed by atoms with Crippen LogP contribution in [0.25, 0.3) is 11.4 Å². The number of thioether (sulfide) groups is 1. The number of carbonyl (C=O) groups excluding carboxylic acids is 1. The summed E-state index contributed by atoms with van der Waals surface area (Å²) in [5.74, 6) is 0.972. The summed E-state index contributed by atoms with van der Waals surface area (Å²) in [6, 6.07) is 3.77. The Morgan fingerprint density at radius 1 is 1.55 bits per heavy atom. The highest BCUT2D eigenvalue weighted by molar-refractivity contribution is 7.99. The van der Waals surface area contributed by atoms with Gasteiger partial charge in [0.15, 0.2) is 11.0 Å². The Hall–Kier alpha value is -2.15. The van der Waals surface area contributed by atoms with Gasteiger partial charge in [-0.3, -0.25) is 9.78 Å². The molecule has 1 amide bonds. The normalized spacial score (nSPS) is 10.2. The molecule has 2 aromatic heterocycles. The Bertz CT molecular complexity index is 596. The summed E-state index contributed by atoms with van der Waals surface area (Å²) in [4.78, 5) is 15.6. The van der Waals surface area contributed by atoms with E-state index >= 15 is 0 Å². The molecule has 6 nitrogen and oxygen atoms in total. The molecule has 0 saturated carbocycles. The number of nitrogens with one attached hydrogen (secondary N) is 1. The van der Waals surface area contributed by atoms with Gasteiger partial charge in [-0.2, -0.15) is 0 Å². The molecule has 0 atom stereocenters. The van der Waals surface area contributed by atoms with Crippen molar-refractivity contribution in [3.8, 4) is 11.4 Å². The molecule has 0 radical (unpaired) electrons. The highest BCUT2D eigenvalue weighted by Crippen LogP contribution is 2.21. The van der Waals surface area contributed by atoms with Crippen LogP contribution in [0.3, 0.4) is 0 Å². The predicted molar refractivity (Wildman–Crippen MR) is 78.2 cm³/mol. The van der Waals surface area contributed by atoms with Crippen LogP contribution in [0.5, 0.6) is 0 Å². The van der Waals surface area contributed by atoms with Gasteiger partial charge in [0.2, 0.25) is 5.91 Å². The van der Waals surface area contributed by atoms with E-state index in [9.17, 15) is 4.79 Å². The smallest absolute Gasteiger partial charge is 0.230 e. The summed E-state index contributed by atoms with van der Waals surface area (Å²) in [7, 11) is 1.87. The third-order valence-corrected chi connectivity index (χ3v) is 3.55. The lowest BCUT2D eigenvalue weighted by atomic mass is 10.3. The van der Waals surface area contributed by atoms with Gasteiger partial charge in [-0.15, -0.1) is 16.8 Å². The highest BCUT2D eigenvalue weighted by atomic mass is 32.2. The Morgan fingerprint density at radius 3 is 3.10 bits per heavy atom. The third kappa shape index (κ3) is 3.45. The first-order chi connectivity index (χ1) is 9.72. The monoisotopic (exact) mass is 289 g/mol. The van der Waals surface area contributed by atoms with Crippen molar-refractivity contribution in [3.63, 3.8) is 0 Å². The molecule has 1 N–H and O–H groups in total. The van der Waals surface area contributed by atoms with Crippen LogP contribution >= 0.6 is 11.8 Å². The molecule has 0 unspecified atom stereocenters. The molecule has 2 heterocycles. The number of hydrogen-bond acceptors (Lipinski definition) is 5. The van der Waals surface area contributed by atoms with E-state index in [1.807, 2.05) is 23.7 Å². The summed E-state index contributed by atoms with van der Waals surface area (Å²) in [6.45, 7) is 4.02. The lowest BCUT2D eigenvalue weighted by Crippen LogP contribution is -2.25. The number of rotatable bonds is 6. The quantitative estimate of drug-likeness (QED) is 0.640. The van der Waals surface area contributed by atoms with Gasteiger partial charge in [-0.25, -0.2) is 0 Å². The Balaban J connectivity index is 2.03. The zero-order chi connectivity index (χ0) is 14.4. The summed E-state index contributed by atoms with van der Waals surface area (Å²) >= 11 is 1.34. The first kappa shape index (κ1) is 14.3. The van der Waals surface area contributed by atoms with E-state index in [0.717, 1.165) is 11.4 Å². The lowest BCUT2D eigenvalue weighted by Gasteiger charge is -2.04. The highest BCUT2D eigenvalue weighted by Gasteiger charge is 2.12. The number of pyridine rings is 1. The van der Waals surface area contributed by atoms with Crippen molar-refractivity contribution < 1.29 is 4.79 Å². The van der Waals surface area contributed by atoms with Gasteiger partial charge in [-0.1, -0.05) is 17.8 Å². The number of amides is 1. The third-order valence-electron chi connectivity index (χ3n) is 2.53. The minimum absolute atomic E-state index is 0.0548. The topological polar surface area (TPSA) is 72.7 Å². The molecule has 0 bridgehead atoms. The van der Waals surface area contributed by atoms with Crippen molar-refractivity contribution in [2.75, 3.05) is 12.3 Å². The van der Waals surface area contributed by atoms with E-state index in [1.165, 1.54) is 11.8 Å². The number of nitrogens with zero attached hydrogens (tertiary/aromatic N) is 4. The zero-order valence-corrected chi connectivity index (χ0v) is 11.9. The van der Waals surface area contributed by atoms with Gasteiger partial charge in [0, 0.05) is 31.5 Å². The van der Waals surface area contributed by atoms with E-state index in [4.69, 9.17) is 0 Å². The summed E-state index contributed by atoms with van der Waals surface area (Å²) in [5.41, 5.74) is 0.894. The molecule has 0 aliphatic heterocycles. The maximum Gasteiger partial charge on any atom is 0.230 e.